The zero-order chi connectivity index (χ0) is 10.5. The molecule has 0 aliphatic carbocycles. The summed E-state index contributed by atoms with van der Waals surface area (Å²) in [4.78, 5) is 2.44. The Kier molecular flexibility index (Phi) is 11.5. The van der Waals surface area contributed by atoms with Crippen LogP contribution >= 0.6 is 0 Å². The van der Waals surface area contributed by atoms with Gasteiger partial charge in [0.05, 0.1) is 0 Å². The first-order chi connectivity index (χ1) is 5.99. The molecule has 1 fully saturated rings. The van der Waals surface area contributed by atoms with Crippen LogP contribution in [0.4, 0.5) is 0 Å². The summed E-state index contributed by atoms with van der Waals surface area (Å²) in [5.74, 6) is 1.67. The Hall–Kier alpha value is 1.77. The largest absolute Gasteiger partial charge is 1.00 e. The quantitative estimate of drug-likeness (QED) is 0.574. The SMILES string of the molecule is CC.C[C-]1CCN(C)CC(C)(C)C1.[Rb+]. The van der Waals surface area contributed by atoms with E-state index in [1.54, 1.807) is 5.92 Å². The van der Waals surface area contributed by atoms with Crippen LogP contribution in [0.2, 0.25) is 0 Å². The molecule has 0 saturated carbocycles. The van der Waals surface area contributed by atoms with Crippen LogP contribution in [0.3, 0.4) is 0 Å². The van der Waals surface area contributed by atoms with Crippen LogP contribution in [0.1, 0.15) is 47.5 Å². The molecule has 0 unspecified atom stereocenters. The van der Waals surface area contributed by atoms with Crippen LogP contribution in [0.15, 0.2) is 0 Å². The molecule has 1 nitrogen and oxygen atoms in total. The van der Waals surface area contributed by atoms with Crippen molar-refractivity contribution in [1.29, 1.82) is 0 Å². The molecule has 1 aliphatic rings. The minimum Gasteiger partial charge on any atom is -0.315 e. The first-order valence-corrected chi connectivity index (χ1v) is 5.49. The summed E-state index contributed by atoms with van der Waals surface area (Å²) in [5, 5.41) is 0. The second-order valence-corrected chi connectivity index (χ2v) is 4.79. The maximum absolute atomic E-state index is 2.44. The molecule has 80 valence electrons. The predicted molar refractivity (Wildman–Crippen MR) is 60.8 cm³/mol. The number of hydrogen-bond acceptors (Lipinski definition) is 1. The first kappa shape index (κ1) is 18.1. The van der Waals surface area contributed by atoms with Gasteiger partial charge in [-0.1, -0.05) is 27.7 Å². The molecule has 1 rings (SSSR count). The van der Waals surface area contributed by atoms with Gasteiger partial charge >= 0.3 is 58.2 Å². The van der Waals surface area contributed by atoms with E-state index in [2.05, 4.69) is 32.7 Å². The van der Waals surface area contributed by atoms with Gasteiger partial charge < -0.3 is 10.8 Å². The molecule has 0 aromatic heterocycles. The van der Waals surface area contributed by atoms with Crippen molar-refractivity contribution in [3.05, 3.63) is 5.92 Å². The van der Waals surface area contributed by atoms with E-state index in [0.717, 1.165) is 0 Å². The van der Waals surface area contributed by atoms with Crippen LogP contribution in [-0.2, 0) is 0 Å². The molecule has 14 heavy (non-hydrogen) atoms. The Bertz CT molecular complexity index is 120. The zero-order valence-electron chi connectivity index (χ0n) is 11.3. The molecular weight excluding hydrogens is 244 g/mol. The van der Waals surface area contributed by atoms with Crippen molar-refractivity contribution in [1.82, 2.24) is 4.90 Å². The van der Waals surface area contributed by atoms with E-state index in [-0.39, 0.29) is 58.2 Å². The molecule has 0 aromatic rings. The molecule has 1 saturated heterocycles. The Labute approximate surface area is 140 Å². The summed E-state index contributed by atoms with van der Waals surface area (Å²) in [6.45, 7) is 13.5. The van der Waals surface area contributed by atoms with Crippen molar-refractivity contribution in [3.63, 3.8) is 0 Å². The van der Waals surface area contributed by atoms with Gasteiger partial charge in [0.2, 0.25) is 0 Å². The van der Waals surface area contributed by atoms with Gasteiger partial charge in [-0.25, -0.2) is 0 Å². The van der Waals surface area contributed by atoms with Gasteiger partial charge in [0.15, 0.2) is 0 Å². The minimum absolute atomic E-state index is 0. The van der Waals surface area contributed by atoms with Crippen molar-refractivity contribution >= 4 is 0 Å². The van der Waals surface area contributed by atoms with E-state index in [0.29, 0.717) is 5.41 Å². The maximum Gasteiger partial charge on any atom is 1.00 e. The van der Waals surface area contributed by atoms with Crippen molar-refractivity contribution in [2.45, 2.75) is 47.5 Å². The van der Waals surface area contributed by atoms with Crippen molar-refractivity contribution in [3.8, 4) is 0 Å². The van der Waals surface area contributed by atoms with E-state index in [4.69, 9.17) is 0 Å². The van der Waals surface area contributed by atoms with Gasteiger partial charge in [0.25, 0.3) is 0 Å². The number of hydrogen-bond donors (Lipinski definition) is 0. The average molecular weight is 270 g/mol. The molecule has 0 bridgehead atoms. The summed E-state index contributed by atoms with van der Waals surface area (Å²) < 4.78 is 0. The molecule has 0 spiro atoms. The summed E-state index contributed by atoms with van der Waals surface area (Å²) in [6, 6.07) is 0. The van der Waals surface area contributed by atoms with Crippen molar-refractivity contribution in [2.75, 3.05) is 20.1 Å². The fourth-order valence-corrected chi connectivity index (χ4v) is 2.15. The fraction of sp³-hybridized carbons (Fsp3) is 0.917. The smallest absolute Gasteiger partial charge is 0.315 e. The predicted octanol–water partition coefficient (Wildman–Crippen LogP) is 0.363. The van der Waals surface area contributed by atoms with Crippen LogP contribution in [0, 0.1) is 11.3 Å². The molecule has 0 atom stereocenters. The molecule has 0 aromatic carbocycles. The van der Waals surface area contributed by atoms with Gasteiger partial charge in [-0.15, -0.1) is 0 Å². The van der Waals surface area contributed by atoms with Gasteiger partial charge in [-0.05, 0) is 19.0 Å². The number of likely N-dealkylation sites (tertiary alicyclic amines) is 1. The fourth-order valence-electron chi connectivity index (χ4n) is 2.15. The monoisotopic (exact) mass is 269 g/mol. The van der Waals surface area contributed by atoms with Crippen LogP contribution in [0.5, 0.6) is 0 Å². The molecule has 0 N–H and O–H groups in total. The standard InChI is InChI=1S/C10H20N.C2H6.Rb/c1-9-5-6-11(4)8-10(2,3)7-9;1-2;/h5-8H2,1-4H3;1-2H3;/q-1;;+1. The number of nitrogens with zero attached hydrogens (tertiary/aromatic N) is 1. The van der Waals surface area contributed by atoms with E-state index in [9.17, 15) is 0 Å². The average Bonchev–Trinajstić information content (AvgIpc) is 2.12. The minimum atomic E-state index is 0. The normalized spacial score (nSPS) is 22.7. The third kappa shape index (κ3) is 7.98. The third-order valence-corrected chi connectivity index (χ3v) is 2.40. The van der Waals surface area contributed by atoms with Crippen LogP contribution in [-0.4, -0.2) is 25.0 Å². The Balaban J connectivity index is 0. The Morgan fingerprint density at radius 2 is 1.71 bits per heavy atom. The van der Waals surface area contributed by atoms with E-state index in [1.807, 2.05) is 13.8 Å². The summed E-state index contributed by atoms with van der Waals surface area (Å²) in [7, 11) is 2.22. The van der Waals surface area contributed by atoms with Crippen LogP contribution in [0.25, 0.3) is 0 Å². The van der Waals surface area contributed by atoms with Gasteiger partial charge in [-0.2, -0.15) is 19.8 Å². The molecule has 0 radical (unpaired) electrons. The zero-order valence-corrected chi connectivity index (χ0v) is 16.2. The Morgan fingerprint density at radius 1 is 1.21 bits per heavy atom. The van der Waals surface area contributed by atoms with E-state index in [1.165, 1.54) is 25.9 Å². The molecular formula is C12H26NRb. The summed E-state index contributed by atoms with van der Waals surface area (Å²) in [6.07, 6.45) is 2.59. The second kappa shape index (κ2) is 8.86. The summed E-state index contributed by atoms with van der Waals surface area (Å²) >= 11 is 0. The van der Waals surface area contributed by atoms with E-state index >= 15 is 0 Å². The second-order valence-electron chi connectivity index (χ2n) is 4.79. The first-order valence-electron chi connectivity index (χ1n) is 5.49. The van der Waals surface area contributed by atoms with Crippen molar-refractivity contribution < 1.29 is 58.2 Å². The van der Waals surface area contributed by atoms with Crippen LogP contribution < -0.4 is 58.2 Å². The van der Waals surface area contributed by atoms with E-state index < -0.39 is 0 Å². The molecule has 1 heterocycles. The molecule has 2 heteroatoms. The third-order valence-electron chi connectivity index (χ3n) is 2.40. The van der Waals surface area contributed by atoms with Gasteiger partial charge in [0, 0.05) is 6.54 Å². The van der Waals surface area contributed by atoms with Gasteiger partial charge in [0.1, 0.15) is 0 Å². The number of rotatable bonds is 0. The maximum atomic E-state index is 2.44. The summed E-state index contributed by atoms with van der Waals surface area (Å²) in [5.41, 5.74) is 0.495. The van der Waals surface area contributed by atoms with Gasteiger partial charge in [-0.3, -0.25) is 0 Å². The van der Waals surface area contributed by atoms with Crippen molar-refractivity contribution in [2.24, 2.45) is 5.41 Å². The Morgan fingerprint density at radius 3 is 2.21 bits per heavy atom. The molecule has 0 amide bonds. The topological polar surface area (TPSA) is 3.24 Å². The molecule has 1 aliphatic heterocycles.